The van der Waals surface area contributed by atoms with Gasteiger partial charge in [-0.15, -0.1) is 10.2 Å². The highest BCUT2D eigenvalue weighted by Gasteiger charge is 2.13. The molecule has 2 aromatic carbocycles. The molecule has 1 N–H and O–H groups in total. The van der Waals surface area contributed by atoms with Crippen LogP contribution >= 0.6 is 11.3 Å². The maximum Gasteiger partial charge on any atom is 0.230 e. The number of ether oxygens (including phenoxy) is 4. The summed E-state index contributed by atoms with van der Waals surface area (Å²) in [5, 5.41) is 12.1. The minimum Gasteiger partial charge on any atom is -0.493 e. The van der Waals surface area contributed by atoms with E-state index < -0.39 is 0 Å². The molecule has 1 aromatic heterocycles. The van der Waals surface area contributed by atoms with Crippen LogP contribution in [0.2, 0.25) is 0 Å². The van der Waals surface area contributed by atoms with E-state index in [9.17, 15) is 4.79 Å². The molecule has 0 radical (unpaired) electrons. The lowest BCUT2D eigenvalue weighted by Crippen LogP contribution is -2.14. The third kappa shape index (κ3) is 4.75. The molecule has 152 valence electrons. The van der Waals surface area contributed by atoms with Gasteiger partial charge in [0.15, 0.2) is 23.0 Å². The highest BCUT2D eigenvalue weighted by atomic mass is 32.1. The van der Waals surface area contributed by atoms with Gasteiger partial charge in [0.1, 0.15) is 5.01 Å². The van der Waals surface area contributed by atoms with E-state index in [4.69, 9.17) is 18.9 Å². The van der Waals surface area contributed by atoms with Crippen LogP contribution in [0.1, 0.15) is 5.56 Å². The van der Waals surface area contributed by atoms with Gasteiger partial charge in [0.05, 0.1) is 34.9 Å². The molecule has 0 saturated heterocycles. The van der Waals surface area contributed by atoms with Crippen molar-refractivity contribution < 1.29 is 23.7 Å². The minimum absolute atomic E-state index is 0.172. The Hall–Kier alpha value is -3.33. The van der Waals surface area contributed by atoms with E-state index in [1.54, 1.807) is 46.6 Å². The number of methoxy groups -OCH3 is 4. The van der Waals surface area contributed by atoms with Crippen LogP contribution in [0.3, 0.4) is 0 Å². The lowest BCUT2D eigenvalue weighted by Gasteiger charge is -2.09. The zero-order valence-electron chi connectivity index (χ0n) is 16.5. The first-order valence-electron chi connectivity index (χ1n) is 8.64. The molecular weight excluding hydrogens is 394 g/mol. The monoisotopic (exact) mass is 415 g/mol. The Morgan fingerprint density at radius 1 is 0.862 bits per heavy atom. The second-order valence-electron chi connectivity index (χ2n) is 5.90. The average Bonchev–Trinajstić information content (AvgIpc) is 3.21. The van der Waals surface area contributed by atoms with E-state index in [1.165, 1.54) is 11.3 Å². The van der Waals surface area contributed by atoms with Gasteiger partial charge in [-0.3, -0.25) is 4.79 Å². The van der Waals surface area contributed by atoms with Crippen LogP contribution in [0.4, 0.5) is 5.13 Å². The van der Waals surface area contributed by atoms with Gasteiger partial charge in [-0.05, 0) is 35.9 Å². The molecule has 0 fully saturated rings. The summed E-state index contributed by atoms with van der Waals surface area (Å²) in [6, 6.07) is 10.8. The molecule has 3 aromatic rings. The van der Waals surface area contributed by atoms with Crippen LogP contribution in [0, 0.1) is 0 Å². The maximum atomic E-state index is 12.4. The van der Waals surface area contributed by atoms with Crippen LogP contribution in [-0.2, 0) is 11.2 Å². The molecule has 0 aliphatic carbocycles. The van der Waals surface area contributed by atoms with Crippen LogP contribution in [0.5, 0.6) is 23.0 Å². The second kappa shape index (κ2) is 9.24. The summed E-state index contributed by atoms with van der Waals surface area (Å²) in [4.78, 5) is 12.4. The number of amides is 1. The summed E-state index contributed by atoms with van der Waals surface area (Å²) in [6.07, 6.45) is 0.172. The van der Waals surface area contributed by atoms with E-state index in [1.807, 2.05) is 18.2 Å². The fraction of sp³-hybridized carbons (Fsp3) is 0.250. The predicted molar refractivity (Wildman–Crippen MR) is 110 cm³/mol. The Bertz CT molecular complexity index is 1010. The Balaban J connectivity index is 1.69. The average molecular weight is 415 g/mol. The Labute approximate surface area is 172 Å². The van der Waals surface area contributed by atoms with E-state index in [2.05, 4.69) is 15.5 Å². The quantitative estimate of drug-likeness (QED) is 0.603. The van der Waals surface area contributed by atoms with Crippen molar-refractivity contribution in [1.82, 2.24) is 10.2 Å². The van der Waals surface area contributed by atoms with E-state index in [0.29, 0.717) is 33.1 Å². The first-order valence-corrected chi connectivity index (χ1v) is 9.46. The van der Waals surface area contributed by atoms with Gasteiger partial charge >= 0.3 is 0 Å². The van der Waals surface area contributed by atoms with Crippen molar-refractivity contribution in [1.29, 1.82) is 0 Å². The number of nitrogens with one attached hydrogen (secondary N) is 1. The third-order valence-electron chi connectivity index (χ3n) is 4.11. The molecule has 3 rings (SSSR count). The number of aromatic nitrogens is 2. The Kier molecular flexibility index (Phi) is 6.50. The largest absolute Gasteiger partial charge is 0.493 e. The molecule has 0 aliphatic heterocycles. The highest BCUT2D eigenvalue weighted by molar-refractivity contribution is 7.18. The van der Waals surface area contributed by atoms with Gasteiger partial charge in [-0.1, -0.05) is 17.4 Å². The highest BCUT2D eigenvalue weighted by Crippen LogP contribution is 2.34. The molecule has 0 saturated carbocycles. The number of rotatable bonds is 8. The fourth-order valence-corrected chi connectivity index (χ4v) is 3.46. The van der Waals surface area contributed by atoms with Gasteiger partial charge in [0, 0.05) is 5.56 Å². The standard InChI is InChI=1S/C20H21N3O5S/c1-25-14-7-5-12(9-16(14)27-3)10-18(24)21-20-23-22-19(29-20)13-6-8-15(26-2)17(11-13)28-4/h5-9,11H,10H2,1-4H3,(H,21,23,24). The first-order chi connectivity index (χ1) is 14.1. The SMILES string of the molecule is COc1ccc(CC(=O)Nc2nnc(-c3ccc(OC)c(OC)c3)s2)cc1OC. The normalized spacial score (nSPS) is 10.3. The van der Waals surface area contributed by atoms with Gasteiger partial charge in [0.2, 0.25) is 11.0 Å². The molecule has 9 heteroatoms. The predicted octanol–water partition coefficient (Wildman–Crippen LogP) is 3.42. The lowest BCUT2D eigenvalue weighted by atomic mass is 10.1. The van der Waals surface area contributed by atoms with Crippen molar-refractivity contribution >= 4 is 22.4 Å². The summed E-state index contributed by atoms with van der Waals surface area (Å²) < 4.78 is 21.0. The summed E-state index contributed by atoms with van der Waals surface area (Å²) in [6.45, 7) is 0. The van der Waals surface area contributed by atoms with Crippen molar-refractivity contribution in [3.05, 3.63) is 42.0 Å². The van der Waals surface area contributed by atoms with Crippen LogP contribution in [-0.4, -0.2) is 44.5 Å². The van der Waals surface area contributed by atoms with Crippen molar-refractivity contribution in [3.8, 4) is 33.6 Å². The molecule has 0 bridgehead atoms. The summed E-state index contributed by atoms with van der Waals surface area (Å²) in [5.74, 6) is 2.21. The molecule has 1 heterocycles. The van der Waals surface area contributed by atoms with Gasteiger partial charge < -0.3 is 24.3 Å². The van der Waals surface area contributed by atoms with Gasteiger partial charge in [-0.25, -0.2) is 0 Å². The van der Waals surface area contributed by atoms with Crippen molar-refractivity contribution in [3.63, 3.8) is 0 Å². The van der Waals surface area contributed by atoms with Crippen molar-refractivity contribution in [2.45, 2.75) is 6.42 Å². The second-order valence-corrected chi connectivity index (χ2v) is 6.87. The molecule has 0 spiro atoms. The molecule has 1 amide bonds. The first kappa shape index (κ1) is 20.4. The topological polar surface area (TPSA) is 91.8 Å². The summed E-state index contributed by atoms with van der Waals surface area (Å²) in [7, 11) is 6.27. The van der Waals surface area contributed by atoms with E-state index >= 15 is 0 Å². The number of benzene rings is 2. The van der Waals surface area contributed by atoms with Crippen molar-refractivity contribution in [2.24, 2.45) is 0 Å². The molecular formula is C20H21N3O5S. The molecule has 0 aliphatic rings. The Morgan fingerprint density at radius 2 is 1.48 bits per heavy atom. The zero-order valence-corrected chi connectivity index (χ0v) is 17.3. The Morgan fingerprint density at radius 3 is 2.14 bits per heavy atom. The number of anilines is 1. The van der Waals surface area contributed by atoms with Gasteiger partial charge in [-0.2, -0.15) is 0 Å². The molecule has 0 unspecified atom stereocenters. The number of hydrogen-bond acceptors (Lipinski definition) is 8. The number of carbonyl (C=O) groups is 1. The molecule has 8 nitrogen and oxygen atoms in total. The minimum atomic E-state index is -0.202. The summed E-state index contributed by atoms with van der Waals surface area (Å²) in [5.41, 5.74) is 1.62. The maximum absolute atomic E-state index is 12.4. The van der Waals surface area contributed by atoms with E-state index in [0.717, 1.165) is 11.1 Å². The fourth-order valence-electron chi connectivity index (χ4n) is 2.70. The lowest BCUT2D eigenvalue weighted by molar-refractivity contribution is -0.115. The van der Waals surface area contributed by atoms with E-state index in [-0.39, 0.29) is 12.3 Å². The van der Waals surface area contributed by atoms with Crippen molar-refractivity contribution in [2.75, 3.05) is 33.8 Å². The van der Waals surface area contributed by atoms with Gasteiger partial charge in [0.25, 0.3) is 0 Å². The molecule has 0 atom stereocenters. The molecule has 29 heavy (non-hydrogen) atoms. The van der Waals surface area contributed by atoms with Crippen LogP contribution in [0.25, 0.3) is 10.6 Å². The number of nitrogens with zero attached hydrogens (tertiary/aromatic N) is 2. The third-order valence-corrected chi connectivity index (χ3v) is 5.00. The zero-order chi connectivity index (χ0) is 20.8. The van der Waals surface area contributed by atoms with Crippen LogP contribution < -0.4 is 24.3 Å². The smallest absolute Gasteiger partial charge is 0.230 e. The number of carbonyl (C=O) groups excluding carboxylic acids is 1. The number of hydrogen-bond donors (Lipinski definition) is 1. The summed E-state index contributed by atoms with van der Waals surface area (Å²) >= 11 is 1.28. The van der Waals surface area contributed by atoms with Crippen LogP contribution in [0.15, 0.2) is 36.4 Å².